The minimum Gasteiger partial charge on any atom is -0.353 e. The van der Waals surface area contributed by atoms with Crippen LogP contribution in [0.4, 0.5) is 0 Å². The zero-order valence-electron chi connectivity index (χ0n) is 13.9. The number of sulfonamides is 1. The lowest BCUT2D eigenvalue weighted by atomic mass is 10.2. The van der Waals surface area contributed by atoms with Gasteiger partial charge in [-0.2, -0.15) is 0 Å². The van der Waals surface area contributed by atoms with Crippen LogP contribution in [-0.2, 0) is 16.6 Å². The molecular weight excluding hydrogens is 427 g/mol. The second kappa shape index (κ2) is 8.29. The summed E-state index contributed by atoms with van der Waals surface area (Å²) in [6.45, 7) is 2.80. The van der Waals surface area contributed by atoms with E-state index in [1.165, 1.54) is 24.8 Å². The van der Waals surface area contributed by atoms with Crippen LogP contribution in [0.2, 0.25) is 0 Å². The molecule has 2 atom stereocenters. The first kappa shape index (κ1) is 20.2. The van der Waals surface area contributed by atoms with Crippen molar-refractivity contribution in [3.8, 4) is 0 Å². The second-order valence-corrected chi connectivity index (χ2v) is 7.97. The molecule has 1 aliphatic carbocycles. The Morgan fingerprint density at radius 3 is 2.30 bits per heavy atom. The van der Waals surface area contributed by atoms with Gasteiger partial charge in [-0.25, -0.2) is 12.7 Å². The van der Waals surface area contributed by atoms with E-state index in [4.69, 9.17) is 0 Å². The molecule has 0 spiro atoms. The number of benzene rings is 1. The van der Waals surface area contributed by atoms with Crippen molar-refractivity contribution in [2.45, 2.75) is 30.8 Å². The van der Waals surface area contributed by atoms with E-state index in [1.807, 2.05) is 12.1 Å². The zero-order chi connectivity index (χ0) is 16.3. The normalized spacial score (nSPS) is 20.8. The summed E-state index contributed by atoms with van der Waals surface area (Å²) in [7, 11) is 1.43. The van der Waals surface area contributed by atoms with Crippen molar-refractivity contribution in [3.05, 3.63) is 29.8 Å². The Balaban J connectivity index is 0.00000264. The monoisotopic (exact) mass is 452 g/mol. The predicted molar refractivity (Wildman–Crippen MR) is 104 cm³/mol. The number of guanidine groups is 1. The first-order valence-corrected chi connectivity index (χ1v) is 8.77. The number of hydrogen-bond acceptors (Lipinski definition) is 3. The molecule has 23 heavy (non-hydrogen) atoms. The number of nitrogens with one attached hydrogen (secondary N) is 2. The van der Waals surface area contributed by atoms with Crippen molar-refractivity contribution in [2.75, 3.05) is 21.1 Å². The molecule has 2 unspecified atom stereocenters. The number of halogens is 1. The number of rotatable bonds is 5. The lowest BCUT2D eigenvalue weighted by Gasteiger charge is -2.13. The highest BCUT2D eigenvalue weighted by molar-refractivity contribution is 14.0. The van der Waals surface area contributed by atoms with E-state index in [0.29, 0.717) is 23.4 Å². The molecule has 0 aromatic heterocycles. The molecule has 0 amide bonds. The number of aliphatic imine (C=N–C) groups is 1. The maximum atomic E-state index is 12.0. The van der Waals surface area contributed by atoms with Crippen LogP contribution in [0.15, 0.2) is 34.2 Å². The van der Waals surface area contributed by atoms with Gasteiger partial charge in [0.15, 0.2) is 5.96 Å². The quantitative estimate of drug-likeness (QED) is 0.405. The molecular formula is C15H25IN4O2S. The summed E-state index contributed by atoms with van der Waals surface area (Å²) in [5.41, 5.74) is 1.00. The molecule has 0 radical (unpaired) electrons. The summed E-state index contributed by atoms with van der Waals surface area (Å²) < 4.78 is 25.2. The Labute approximate surface area is 155 Å². The number of hydrogen-bond donors (Lipinski definition) is 2. The molecule has 8 heteroatoms. The lowest BCUT2D eigenvalue weighted by molar-refractivity contribution is 0.520. The molecule has 1 aromatic rings. The fourth-order valence-electron chi connectivity index (χ4n) is 2.07. The molecule has 1 fully saturated rings. The molecule has 2 N–H and O–H groups in total. The summed E-state index contributed by atoms with van der Waals surface area (Å²) in [4.78, 5) is 4.49. The first-order chi connectivity index (χ1) is 10.3. The molecule has 1 aliphatic rings. The highest BCUT2D eigenvalue weighted by Gasteiger charge is 2.33. The topological polar surface area (TPSA) is 73.8 Å². The van der Waals surface area contributed by atoms with Crippen molar-refractivity contribution in [1.82, 2.24) is 14.9 Å². The maximum absolute atomic E-state index is 12.0. The Bertz CT molecular complexity index is 644. The van der Waals surface area contributed by atoms with E-state index in [2.05, 4.69) is 22.5 Å². The van der Waals surface area contributed by atoms with E-state index in [0.717, 1.165) is 11.5 Å². The average Bonchev–Trinajstić information content (AvgIpc) is 3.18. The maximum Gasteiger partial charge on any atom is 0.242 e. The summed E-state index contributed by atoms with van der Waals surface area (Å²) in [6, 6.07) is 7.41. The summed E-state index contributed by atoms with van der Waals surface area (Å²) in [6.07, 6.45) is 1.18. The smallest absolute Gasteiger partial charge is 0.242 e. The van der Waals surface area contributed by atoms with Crippen LogP contribution in [0.1, 0.15) is 18.9 Å². The molecule has 0 aliphatic heterocycles. The largest absolute Gasteiger partial charge is 0.353 e. The van der Waals surface area contributed by atoms with Gasteiger partial charge in [-0.15, -0.1) is 24.0 Å². The number of nitrogens with zero attached hydrogens (tertiary/aromatic N) is 2. The van der Waals surface area contributed by atoms with E-state index < -0.39 is 10.0 Å². The van der Waals surface area contributed by atoms with E-state index >= 15 is 0 Å². The van der Waals surface area contributed by atoms with Crippen LogP contribution in [-0.4, -0.2) is 45.9 Å². The fraction of sp³-hybridized carbons (Fsp3) is 0.533. The van der Waals surface area contributed by atoms with Crippen molar-refractivity contribution in [2.24, 2.45) is 10.9 Å². The van der Waals surface area contributed by atoms with Gasteiger partial charge in [0.2, 0.25) is 10.0 Å². The van der Waals surface area contributed by atoms with Crippen LogP contribution < -0.4 is 10.6 Å². The minimum absolute atomic E-state index is 0. The van der Waals surface area contributed by atoms with Gasteiger partial charge >= 0.3 is 0 Å². The van der Waals surface area contributed by atoms with Gasteiger partial charge in [0.05, 0.1) is 4.90 Å². The van der Waals surface area contributed by atoms with E-state index in [9.17, 15) is 8.42 Å². The third-order valence-electron chi connectivity index (χ3n) is 3.82. The summed E-state index contributed by atoms with van der Waals surface area (Å²) >= 11 is 0. The van der Waals surface area contributed by atoms with Crippen LogP contribution in [0, 0.1) is 5.92 Å². The van der Waals surface area contributed by atoms with Crippen molar-refractivity contribution in [1.29, 1.82) is 0 Å². The first-order valence-electron chi connectivity index (χ1n) is 7.33. The fourth-order valence-corrected chi connectivity index (χ4v) is 2.97. The summed E-state index contributed by atoms with van der Waals surface area (Å²) in [5.74, 6) is 1.48. The standard InChI is InChI=1S/C15H24N4O2S.HI/c1-11-9-14(11)18-15(16-2)17-10-12-5-7-13(8-6-12)22(20,21)19(3)4;/h5-8,11,14H,9-10H2,1-4H3,(H2,16,17,18);1H. The second-order valence-electron chi connectivity index (χ2n) is 5.82. The van der Waals surface area contributed by atoms with Gasteiger partial charge in [0.25, 0.3) is 0 Å². The Morgan fingerprint density at radius 1 is 1.30 bits per heavy atom. The van der Waals surface area contributed by atoms with E-state index in [-0.39, 0.29) is 24.0 Å². The van der Waals surface area contributed by atoms with Crippen LogP contribution in [0.25, 0.3) is 0 Å². The molecule has 130 valence electrons. The van der Waals surface area contributed by atoms with Gasteiger partial charge in [-0.3, -0.25) is 4.99 Å². The predicted octanol–water partition coefficient (Wildman–Crippen LogP) is 1.63. The molecule has 1 saturated carbocycles. The zero-order valence-corrected chi connectivity index (χ0v) is 17.1. The SMILES string of the molecule is CN=C(NCc1ccc(S(=O)(=O)N(C)C)cc1)NC1CC1C.I. The molecule has 0 bridgehead atoms. The molecule has 2 rings (SSSR count). The molecule has 1 aromatic carbocycles. The van der Waals surface area contributed by atoms with Crippen LogP contribution in [0.3, 0.4) is 0 Å². The summed E-state index contributed by atoms with van der Waals surface area (Å²) in [5, 5.41) is 6.59. The highest BCUT2D eigenvalue weighted by atomic mass is 127. The average molecular weight is 452 g/mol. The third kappa shape index (κ3) is 5.32. The third-order valence-corrected chi connectivity index (χ3v) is 5.65. The Hall–Kier alpha value is -0.870. The van der Waals surface area contributed by atoms with Crippen molar-refractivity contribution >= 4 is 40.0 Å². The lowest BCUT2D eigenvalue weighted by Crippen LogP contribution is -2.38. The van der Waals surface area contributed by atoms with Crippen LogP contribution in [0.5, 0.6) is 0 Å². The van der Waals surface area contributed by atoms with Gasteiger partial charge in [0.1, 0.15) is 0 Å². The highest BCUT2D eigenvalue weighted by Crippen LogP contribution is 2.28. The Morgan fingerprint density at radius 2 is 1.87 bits per heavy atom. The Kier molecular flexibility index (Phi) is 7.28. The molecule has 0 saturated heterocycles. The van der Waals surface area contributed by atoms with Gasteiger partial charge in [-0.1, -0.05) is 19.1 Å². The molecule has 6 nitrogen and oxygen atoms in total. The van der Waals surface area contributed by atoms with Gasteiger partial charge in [-0.05, 0) is 30.0 Å². The van der Waals surface area contributed by atoms with Gasteiger partial charge in [0, 0.05) is 33.7 Å². The van der Waals surface area contributed by atoms with Crippen LogP contribution >= 0.6 is 24.0 Å². The van der Waals surface area contributed by atoms with Gasteiger partial charge < -0.3 is 10.6 Å². The van der Waals surface area contributed by atoms with Crippen molar-refractivity contribution in [3.63, 3.8) is 0 Å². The molecule has 0 heterocycles. The van der Waals surface area contributed by atoms with Crippen molar-refractivity contribution < 1.29 is 8.42 Å². The minimum atomic E-state index is -3.37. The van der Waals surface area contributed by atoms with E-state index in [1.54, 1.807) is 19.2 Å².